The smallest absolute Gasteiger partial charge is 0.342 e. The first-order valence-electron chi connectivity index (χ1n) is 7.94. The van der Waals surface area contributed by atoms with E-state index in [1.54, 1.807) is 6.92 Å². The summed E-state index contributed by atoms with van der Waals surface area (Å²) >= 11 is 0. The normalized spacial score (nSPS) is 10.6. The fourth-order valence-corrected chi connectivity index (χ4v) is 2.63. The molecule has 0 aliphatic heterocycles. The van der Waals surface area contributed by atoms with Crippen LogP contribution in [-0.2, 0) is 11.3 Å². The molecular weight excluding hydrogens is 302 g/mol. The van der Waals surface area contributed by atoms with Gasteiger partial charge in [-0.15, -0.1) is 0 Å². The van der Waals surface area contributed by atoms with Crippen LogP contribution in [0.3, 0.4) is 0 Å². The van der Waals surface area contributed by atoms with Crippen molar-refractivity contribution >= 4 is 16.9 Å². The third kappa shape index (κ3) is 3.23. The van der Waals surface area contributed by atoms with Gasteiger partial charge in [0.2, 0.25) is 0 Å². The first-order valence-corrected chi connectivity index (χ1v) is 7.94. The van der Waals surface area contributed by atoms with Gasteiger partial charge in [-0.2, -0.15) is 0 Å². The second-order valence-electron chi connectivity index (χ2n) is 5.41. The lowest BCUT2D eigenvalue weighted by atomic mass is 10.1. The minimum atomic E-state index is -0.387. The van der Waals surface area contributed by atoms with Crippen LogP contribution in [0.5, 0.6) is 5.75 Å². The summed E-state index contributed by atoms with van der Waals surface area (Å²) in [4.78, 5) is 17.1. The summed E-state index contributed by atoms with van der Waals surface area (Å²) in [5, 5.41) is 0.740. The molecule has 3 aromatic rings. The van der Waals surface area contributed by atoms with E-state index in [0.29, 0.717) is 30.2 Å². The van der Waals surface area contributed by atoms with E-state index >= 15 is 0 Å². The van der Waals surface area contributed by atoms with Crippen LogP contribution in [0.25, 0.3) is 10.9 Å². The van der Waals surface area contributed by atoms with Gasteiger partial charge in [0.15, 0.2) is 5.75 Å². The zero-order valence-electron chi connectivity index (χ0n) is 13.8. The first kappa shape index (κ1) is 16.0. The number of carbonyl (C=O) groups is 1. The number of esters is 1. The van der Waals surface area contributed by atoms with E-state index in [0.717, 1.165) is 16.5 Å². The van der Waals surface area contributed by atoms with Crippen LogP contribution in [-0.4, -0.2) is 17.6 Å². The Morgan fingerprint density at radius 3 is 2.50 bits per heavy atom. The summed E-state index contributed by atoms with van der Waals surface area (Å²) < 4.78 is 11.2. The number of ether oxygens (including phenoxy) is 2. The Hall–Kier alpha value is -2.88. The van der Waals surface area contributed by atoms with Gasteiger partial charge in [-0.25, -0.2) is 9.78 Å². The maximum Gasteiger partial charge on any atom is 0.342 e. The van der Waals surface area contributed by atoms with E-state index in [4.69, 9.17) is 9.47 Å². The van der Waals surface area contributed by atoms with Crippen molar-refractivity contribution in [2.45, 2.75) is 20.5 Å². The van der Waals surface area contributed by atoms with Crippen molar-refractivity contribution in [2.24, 2.45) is 0 Å². The number of aromatic nitrogens is 1. The summed E-state index contributed by atoms with van der Waals surface area (Å²) in [5.74, 6) is 0.0956. The van der Waals surface area contributed by atoms with Gasteiger partial charge >= 0.3 is 5.97 Å². The number of benzene rings is 2. The molecule has 0 bridgehead atoms. The standard InChI is InChI=1S/C20H19NO3/c1-3-23-20(22)18-16-11-7-8-12-17(16)21-14(2)19(18)24-13-15-9-5-4-6-10-15/h4-12H,3,13H2,1-2H3. The summed E-state index contributed by atoms with van der Waals surface area (Å²) in [7, 11) is 0. The molecule has 0 saturated carbocycles. The molecule has 2 aromatic carbocycles. The minimum Gasteiger partial charge on any atom is -0.486 e. The molecule has 0 N–H and O–H groups in total. The average Bonchev–Trinajstić information content (AvgIpc) is 2.60. The van der Waals surface area contributed by atoms with E-state index in [1.165, 1.54) is 0 Å². The molecule has 0 amide bonds. The largest absolute Gasteiger partial charge is 0.486 e. The summed E-state index contributed by atoms with van der Waals surface area (Å²) in [6, 6.07) is 17.3. The molecule has 0 saturated heterocycles. The van der Waals surface area contributed by atoms with Gasteiger partial charge in [-0.3, -0.25) is 0 Å². The zero-order valence-corrected chi connectivity index (χ0v) is 13.8. The van der Waals surface area contributed by atoms with Crippen LogP contribution >= 0.6 is 0 Å². The van der Waals surface area contributed by atoms with Crippen LogP contribution in [0, 0.1) is 6.92 Å². The van der Waals surface area contributed by atoms with Crippen molar-refractivity contribution in [1.29, 1.82) is 0 Å². The molecule has 0 fully saturated rings. The lowest BCUT2D eigenvalue weighted by Gasteiger charge is -2.15. The Labute approximate surface area is 141 Å². The molecule has 0 aliphatic rings. The van der Waals surface area contributed by atoms with Gasteiger partial charge in [0.05, 0.1) is 17.8 Å². The molecule has 0 radical (unpaired) electrons. The second kappa shape index (κ2) is 7.13. The highest BCUT2D eigenvalue weighted by Crippen LogP contribution is 2.31. The van der Waals surface area contributed by atoms with Gasteiger partial charge in [0.25, 0.3) is 0 Å². The predicted molar refractivity (Wildman–Crippen MR) is 93.2 cm³/mol. The number of pyridine rings is 1. The Bertz CT molecular complexity index is 859. The van der Waals surface area contributed by atoms with Gasteiger partial charge in [-0.05, 0) is 25.5 Å². The fraction of sp³-hybridized carbons (Fsp3) is 0.200. The average molecular weight is 321 g/mol. The Balaban J connectivity index is 2.06. The van der Waals surface area contributed by atoms with Crippen LogP contribution in [0.4, 0.5) is 0 Å². The molecular formula is C20H19NO3. The van der Waals surface area contributed by atoms with E-state index in [2.05, 4.69) is 4.98 Å². The first-order chi connectivity index (χ1) is 11.7. The molecule has 0 unspecified atom stereocenters. The third-order valence-electron chi connectivity index (χ3n) is 3.72. The highest BCUT2D eigenvalue weighted by Gasteiger charge is 2.21. The molecule has 4 nitrogen and oxygen atoms in total. The number of hydrogen-bond donors (Lipinski definition) is 0. The van der Waals surface area contributed by atoms with Crippen molar-refractivity contribution in [3.63, 3.8) is 0 Å². The summed E-state index contributed by atoms with van der Waals surface area (Å²) in [6.45, 7) is 4.31. The maximum atomic E-state index is 12.5. The van der Waals surface area contributed by atoms with Crippen molar-refractivity contribution in [3.8, 4) is 5.75 Å². The Kier molecular flexibility index (Phi) is 4.75. The molecule has 0 aliphatic carbocycles. The number of carbonyl (C=O) groups excluding carboxylic acids is 1. The number of hydrogen-bond acceptors (Lipinski definition) is 4. The number of aryl methyl sites for hydroxylation is 1. The van der Waals surface area contributed by atoms with Gasteiger partial charge in [0, 0.05) is 5.39 Å². The SMILES string of the molecule is CCOC(=O)c1c(OCc2ccccc2)c(C)nc2ccccc12. The molecule has 3 rings (SSSR count). The second-order valence-corrected chi connectivity index (χ2v) is 5.41. The number of rotatable bonds is 5. The number of nitrogens with zero attached hydrogens (tertiary/aromatic N) is 1. The monoisotopic (exact) mass is 321 g/mol. The molecule has 4 heteroatoms. The van der Waals surface area contributed by atoms with Gasteiger partial charge in [-0.1, -0.05) is 48.5 Å². The highest BCUT2D eigenvalue weighted by atomic mass is 16.5. The molecule has 0 spiro atoms. The van der Waals surface area contributed by atoms with Crippen molar-refractivity contribution in [1.82, 2.24) is 4.98 Å². The number of para-hydroxylation sites is 1. The van der Waals surface area contributed by atoms with Crippen molar-refractivity contribution < 1.29 is 14.3 Å². The van der Waals surface area contributed by atoms with Crippen LogP contribution < -0.4 is 4.74 Å². The molecule has 24 heavy (non-hydrogen) atoms. The van der Waals surface area contributed by atoms with E-state index in [1.807, 2.05) is 61.5 Å². The minimum absolute atomic E-state index is 0.312. The zero-order chi connectivity index (χ0) is 16.9. The van der Waals surface area contributed by atoms with Crippen molar-refractivity contribution in [2.75, 3.05) is 6.61 Å². The Morgan fingerprint density at radius 2 is 1.75 bits per heavy atom. The van der Waals surface area contributed by atoms with Crippen LogP contribution in [0.2, 0.25) is 0 Å². The van der Waals surface area contributed by atoms with Crippen LogP contribution in [0.1, 0.15) is 28.5 Å². The van der Waals surface area contributed by atoms with E-state index in [9.17, 15) is 4.79 Å². The number of fused-ring (bicyclic) bond motifs is 1. The molecule has 122 valence electrons. The van der Waals surface area contributed by atoms with Gasteiger partial charge < -0.3 is 9.47 Å². The summed E-state index contributed by atoms with van der Waals surface area (Å²) in [6.07, 6.45) is 0. The molecule has 1 heterocycles. The molecule has 1 aromatic heterocycles. The molecule has 0 atom stereocenters. The topological polar surface area (TPSA) is 48.4 Å². The predicted octanol–water partition coefficient (Wildman–Crippen LogP) is 4.30. The lowest BCUT2D eigenvalue weighted by molar-refractivity contribution is 0.0523. The van der Waals surface area contributed by atoms with E-state index in [-0.39, 0.29) is 5.97 Å². The lowest BCUT2D eigenvalue weighted by Crippen LogP contribution is -2.11. The fourth-order valence-electron chi connectivity index (χ4n) is 2.63. The maximum absolute atomic E-state index is 12.5. The highest BCUT2D eigenvalue weighted by molar-refractivity contribution is 6.06. The Morgan fingerprint density at radius 1 is 1.04 bits per heavy atom. The summed E-state index contributed by atoms with van der Waals surface area (Å²) in [5.41, 5.74) is 2.90. The third-order valence-corrected chi connectivity index (χ3v) is 3.72. The van der Waals surface area contributed by atoms with Crippen molar-refractivity contribution in [3.05, 3.63) is 71.4 Å². The van der Waals surface area contributed by atoms with E-state index < -0.39 is 0 Å². The van der Waals surface area contributed by atoms with Crippen LogP contribution in [0.15, 0.2) is 54.6 Å². The van der Waals surface area contributed by atoms with Gasteiger partial charge in [0.1, 0.15) is 12.2 Å². The quantitative estimate of drug-likeness (QED) is 0.657.